The van der Waals surface area contributed by atoms with Gasteiger partial charge in [-0.15, -0.1) is 0 Å². The van der Waals surface area contributed by atoms with E-state index in [2.05, 4.69) is 5.32 Å². The van der Waals surface area contributed by atoms with Gasteiger partial charge in [0.15, 0.2) is 5.11 Å². The third-order valence-corrected chi connectivity index (χ3v) is 6.78. The van der Waals surface area contributed by atoms with E-state index in [1.54, 1.807) is 37.4 Å². The summed E-state index contributed by atoms with van der Waals surface area (Å²) in [6, 6.07) is 14.4. The van der Waals surface area contributed by atoms with Gasteiger partial charge in [-0.1, -0.05) is 24.3 Å². The number of aryl methyl sites for hydroxylation is 1. The molecule has 0 radical (unpaired) electrons. The zero-order valence-electron chi connectivity index (χ0n) is 15.4. The monoisotopic (exact) mass is 405 g/mol. The van der Waals surface area contributed by atoms with E-state index < -0.39 is 10.0 Å². The molecule has 1 saturated heterocycles. The molecule has 1 aliphatic rings. The highest BCUT2D eigenvalue weighted by atomic mass is 32.2. The first-order chi connectivity index (χ1) is 12.9. The summed E-state index contributed by atoms with van der Waals surface area (Å²) in [5, 5.41) is 3.79. The van der Waals surface area contributed by atoms with Crippen LogP contribution in [0.2, 0.25) is 0 Å². The van der Waals surface area contributed by atoms with Crippen LogP contribution < -0.4 is 10.1 Å². The third kappa shape index (κ3) is 4.40. The fourth-order valence-corrected chi connectivity index (χ4v) is 4.72. The van der Waals surface area contributed by atoms with Crippen LogP contribution in [0, 0.1) is 6.92 Å². The van der Waals surface area contributed by atoms with Crippen molar-refractivity contribution >= 4 is 33.0 Å². The number of thiocarbonyl (C=S) groups is 1. The fourth-order valence-electron chi connectivity index (χ4n) is 2.99. The van der Waals surface area contributed by atoms with Crippen molar-refractivity contribution < 1.29 is 13.2 Å². The molecule has 0 spiro atoms. The number of rotatable bonds is 4. The van der Waals surface area contributed by atoms with Gasteiger partial charge in [-0.25, -0.2) is 8.42 Å². The average molecular weight is 406 g/mol. The van der Waals surface area contributed by atoms with Gasteiger partial charge in [0.25, 0.3) is 0 Å². The Balaban J connectivity index is 1.64. The van der Waals surface area contributed by atoms with Gasteiger partial charge in [0, 0.05) is 26.2 Å². The molecule has 0 bridgehead atoms. The molecule has 6 nitrogen and oxygen atoms in total. The van der Waals surface area contributed by atoms with Gasteiger partial charge >= 0.3 is 0 Å². The summed E-state index contributed by atoms with van der Waals surface area (Å²) in [6.07, 6.45) is 0. The van der Waals surface area contributed by atoms with E-state index in [0.717, 1.165) is 11.3 Å². The highest BCUT2D eigenvalue weighted by Gasteiger charge is 2.29. The van der Waals surface area contributed by atoms with E-state index in [9.17, 15) is 8.42 Å². The van der Waals surface area contributed by atoms with Gasteiger partial charge in [0.05, 0.1) is 17.7 Å². The quantitative estimate of drug-likeness (QED) is 0.790. The number of methoxy groups -OCH3 is 1. The number of nitrogens with zero attached hydrogens (tertiary/aromatic N) is 2. The van der Waals surface area contributed by atoms with Gasteiger partial charge in [-0.3, -0.25) is 0 Å². The Hall–Kier alpha value is -2.16. The molecule has 8 heteroatoms. The minimum absolute atomic E-state index is 0.323. The molecule has 0 aliphatic carbocycles. The lowest BCUT2D eigenvalue weighted by Crippen LogP contribution is -2.51. The van der Waals surface area contributed by atoms with E-state index >= 15 is 0 Å². The fraction of sp³-hybridized carbons (Fsp3) is 0.316. The number of hydrogen-bond donors (Lipinski definition) is 1. The number of hydrogen-bond acceptors (Lipinski definition) is 4. The highest BCUT2D eigenvalue weighted by Crippen LogP contribution is 2.26. The summed E-state index contributed by atoms with van der Waals surface area (Å²) >= 11 is 5.52. The summed E-state index contributed by atoms with van der Waals surface area (Å²) in [5.74, 6) is 0.716. The van der Waals surface area contributed by atoms with Gasteiger partial charge < -0.3 is 15.0 Å². The predicted octanol–water partition coefficient (Wildman–Crippen LogP) is 2.71. The lowest BCUT2D eigenvalue weighted by Gasteiger charge is -2.35. The van der Waals surface area contributed by atoms with Crippen molar-refractivity contribution in [2.75, 3.05) is 38.6 Å². The van der Waals surface area contributed by atoms with Crippen LogP contribution in [0.15, 0.2) is 53.4 Å². The molecule has 1 heterocycles. The molecule has 0 aromatic heterocycles. The van der Waals surface area contributed by atoms with Crippen LogP contribution >= 0.6 is 12.2 Å². The number of sulfonamides is 1. The first kappa shape index (κ1) is 19.6. The zero-order valence-corrected chi connectivity index (χ0v) is 17.0. The maximum atomic E-state index is 12.7. The van der Waals surface area contributed by atoms with Crippen molar-refractivity contribution in [3.63, 3.8) is 0 Å². The van der Waals surface area contributed by atoms with Crippen LogP contribution in [0.4, 0.5) is 5.69 Å². The van der Waals surface area contributed by atoms with E-state index in [4.69, 9.17) is 17.0 Å². The van der Waals surface area contributed by atoms with Gasteiger partial charge in [0.1, 0.15) is 5.75 Å². The second-order valence-electron chi connectivity index (χ2n) is 6.34. The van der Waals surface area contributed by atoms with Crippen molar-refractivity contribution in [1.82, 2.24) is 9.21 Å². The molecule has 1 fully saturated rings. The SMILES string of the molecule is COc1ccc(C)cc1NC(=S)N1CCN(S(=O)(=O)c2ccccc2)CC1. The second-order valence-corrected chi connectivity index (χ2v) is 8.66. The predicted molar refractivity (Wildman–Crippen MR) is 111 cm³/mol. The summed E-state index contributed by atoms with van der Waals surface area (Å²) in [7, 11) is -1.85. The molecule has 144 valence electrons. The van der Waals surface area contributed by atoms with Crippen LogP contribution in [-0.2, 0) is 10.0 Å². The largest absolute Gasteiger partial charge is 0.495 e. The zero-order chi connectivity index (χ0) is 19.4. The van der Waals surface area contributed by atoms with Crippen LogP contribution in [0.3, 0.4) is 0 Å². The first-order valence-electron chi connectivity index (χ1n) is 8.67. The lowest BCUT2D eigenvalue weighted by atomic mass is 10.2. The Bertz CT molecular complexity index is 909. The van der Waals surface area contributed by atoms with Crippen LogP contribution in [0.5, 0.6) is 5.75 Å². The lowest BCUT2D eigenvalue weighted by molar-refractivity contribution is 0.268. The van der Waals surface area contributed by atoms with Gasteiger partial charge in [0.2, 0.25) is 10.0 Å². The van der Waals surface area contributed by atoms with Crippen molar-refractivity contribution in [3.8, 4) is 5.75 Å². The third-order valence-electron chi connectivity index (χ3n) is 4.50. The molecule has 1 N–H and O–H groups in total. The Morgan fingerprint density at radius 2 is 1.74 bits per heavy atom. The van der Waals surface area contributed by atoms with Gasteiger partial charge in [-0.2, -0.15) is 4.31 Å². The molecule has 2 aromatic rings. The summed E-state index contributed by atoms with van der Waals surface area (Å²) in [5.41, 5.74) is 1.90. The topological polar surface area (TPSA) is 61.9 Å². The number of anilines is 1. The first-order valence-corrected chi connectivity index (χ1v) is 10.5. The summed E-state index contributed by atoms with van der Waals surface area (Å²) in [6.45, 7) is 3.85. The van der Waals surface area contributed by atoms with Gasteiger partial charge in [-0.05, 0) is 49.0 Å². The number of ether oxygens (including phenoxy) is 1. The standard InChI is InChI=1S/C19H23N3O3S2/c1-15-8-9-18(25-2)17(14-15)20-19(26)21-10-12-22(13-11-21)27(23,24)16-6-4-3-5-7-16/h3-9,14H,10-13H2,1-2H3,(H,20,26). The normalized spacial score (nSPS) is 15.4. The molecular weight excluding hydrogens is 382 g/mol. The minimum atomic E-state index is -3.46. The van der Waals surface area contributed by atoms with Crippen molar-refractivity contribution in [3.05, 3.63) is 54.1 Å². The Kier molecular flexibility index (Phi) is 5.98. The number of piperazine rings is 1. The highest BCUT2D eigenvalue weighted by molar-refractivity contribution is 7.89. The Morgan fingerprint density at radius 1 is 1.07 bits per heavy atom. The van der Waals surface area contributed by atoms with E-state index in [1.165, 1.54) is 4.31 Å². The van der Waals surface area contributed by atoms with Crippen LogP contribution in [0.1, 0.15) is 5.56 Å². The molecule has 0 saturated carbocycles. The maximum absolute atomic E-state index is 12.7. The molecule has 0 atom stereocenters. The Morgan fingerprint density at radius 3 is 2.37 bits per heavy atom. The van der Waals surface area contributed by atoms with Crippen molar-refractivity contribution in [2.45, 2.75) is 11.8 Å². The summed E-state index contributed by atoms with van der Waals surface area (Å²) < 4.78 is 32.3. The molecule has 0 unspecified atom stereocenters. The van der Waals surface area contributed by atoms with E-state index in [1.807, 2.05) is 30.0 Å². The van der Waals surface area contributed by atoms with Crippen LogP contribution in [-0.4, -0.2) is 56.0 Å². The smallest absolute Gasteiger partial charge is 0.243 e. The molecule has 1 aliphatic heterocycles. The molecule has 3 rings (SSSR count). The molecule has 2 aromatic carbocycles. The molecule has 27 heavy (non-hydrogen) atoms. The summed E-state index contributed by atoms with van der Waals surface area (Å²) in [4.78, 5) is 2.30. The maximum Gasteiger partial charge on any atom is 0.243 e. The number of benzene rings is 2. The van der Waals surface area contributed by atoms with Crippen molar-refractivity contribution in [2.24, 2.45) is 0 Å². The van der Waals surface area contributed by atoms with E-state index in [0.29, 0.717) is 41.9 Å². The van der Waals surface area contributed by atoms with Crippen LogP contribution in [0.25, 0.3) is 0 Å². The molecule has 0 amide bonds. The average Bonchev–Trinajstić information content (AvgIpc) is 2.69. The number of nitrogens with one attached hydrogen (secondary N) is 1. The molecular formula is C19H23N3O3S2. The second kappa shape index (κ2) is 8.24. The van der Waals surface area contributed by atoms with E-state index in [-0.39, 0.29) is 0 Å². The van der Waals surface area contributed by atoms with Crippen molar-refractivity contribution in [1.29, 1.82) is 0 Å². The minimum Gasteiger partial charge on any atom is -0.495 e. The Labute approximate surface area is 165 Å².